The van der Waals surface area contributed by atoms with Crippen molar-refractivity contribution in [3.63, 3.8) is 0 Å². The van der Waals surface area contributed by atoms with E-state index in [1.807, 2.05) is 0 Å². The Balaban J connectivity index is 1.84. The van der Waals surface area contributed by atoms with E-state index in [0.717, 1.165) is 23.4 Å². The molecule has 0 unspecified atom stereocenters. The molecule has 0 saturated carbocycles. The van der Waals surface area contributed by atoms with Gasteiger partial charge in [0.25, 0.3) is 0 Å². The number of nitrogens with one attached hydrogen (secondary N) is 1. The molecule has 1 N–H and O–H groups in total. The van der Waals surface area contributed by atoms with Gasteiger partial charge < -0.3 is 10.1 Å². The smallest absolute Gasteiger partial charge is 0.416 e. The van der Waals surface area contributed by atoms with Gasteiger partial charge in [-0.05, 0) is 12.1 Å². The number of hydrogen-bond donors (Lipinski definition) is 1. The van der Waals surface area contributed by atoms with E-state index in [1.54, 1.807) is 24.1 Å². The number of benzene rings is 1. The molecule has 0 amide bonds. The van der Waals surface area contributed by atoms with Crippen molar-refractivity contribution in [1.82, 2.24) is 9.78 Å². The monoisotopic (exact) mass is 283 g/mol. The lowest BCUT2D eigenvalue weighted by Gasteiger charge is -2.12. The minimum absolute atomic E-state index is 0.170. The van der Waals surface area contributed by atoms with Crippen LogP contribution in [0.2, 0.25) is 0 Å². The predicted octanol–water partition coefficient (Wildman–Crippen LogP) is 2.98. The Labute approximate surface area is 113 Å². The highest BCUT2D eigenvalue weighted by atomic mass is 19.4. The second-order valence-corrected chi connectivity index (χ2v) is 4.66. The molecule has 1 atom stereocenters. The van der Waals surface area contributed by atoms with Crippen LogP contribution in [0.4, 0.5) is 18.9 Å². The topological polar surface area (TPSA) is 39.1 Å². The van der Waals surface area contributed by atoms with Crippen molar-refractivity contribution in [3.8, 4) is 5.75 Å². The number of ether oxygens (including phenoxy) is 1. The normalized spacial score (nSPS) is 17.7. The van der Waals surface area contributed by atoms with Gasteiger partial charge in [0.1, 0.15) is 12.4 Å². The lowest BCUT2D eigenvalue weighted by Crippen LogP contribution is -2.11. The van der Waals surface area contributed by atoms with E-state index in [0.29, 0.717) is 6.61 Å². The van der Waals surface area contributed by atoms with Gasteiger partial charge in [0.2, 0.25) is 0 Å². The molecule has 2 heterocycles. The van der Waals surface area contributed by atoms with Crippen molar-refractivity contribution in [2.24, 2.45) is 7.05 Å². The largest absolute Gasteiger partial charge is 0.491 e. The van der Waals surface area contributed by atoms with Crippen molar-refractivity contribution >= 4 is 5.69 Å². The fraction of sp³-hybridized carbons (Fsp3) is 0.308. The van der Waals surface area contributed by atoms with Crippen LogP contribution in [-0.2, 0) is 13.2 Å². The number of rotatable bonds is 2. The zero-order valence-electron chi connectivity index (χ0n) is 10.6. The summed E-state index contributed by atoms with van der Waals surface area (Å²) in [6, 6.07) is 3.40. The molecule has 0 bridgehead atoms. The molecule has 1 aliphatic heterocycles. The maximum atomic E-state index is 12.6. The highest BCUT2D eigenvalue weighted by Crippen LogP contribution is 2.39. The van der Waals surface area contributed by atoms with Gasteiger partial charge >= 0.3 is 6.18 Å². The molecule has 0 spiro atoms. The summed E-state index contributed by atoms with van der Waals surface area (Å²) in [4.78, 5) is 0. The number of aryl methyl sites for hydroxylation is 1. The van der Waals surface area contributed by atoms with E-state index in [-0.39, 0.29) is 11.8 Å². The molecule has 20 heavy (non-hydrogen) atoms. The van der Waals surface area contributed by atoms with Crippen LogP contribution < -0.4 is 10.1 Å². The zero-order valence-corrected chi connectivity index (χ0v) is 10.6. The second-order valence-electron chi connectivity index (χ2n) is 4.66. The number of nitrogens with zero attached hydrogens (tertiary/aromatic N) is 2. The SMILES string of the molecule is Cn1cc(N[C@@H]2COc3cc(C(F)(F)F)ccc32)cn1. The van der Waals surface area contributed by atoms with E-state index in [4.69, 9.17) is 4.74 Å². The minimum Gasteiger partial charge on any atom is -0.491 e. The fourth-order valence-corrected chi connectivity index (χ4v) is 2.20. The number of alkyl halides is 3. The van der Waals surface area contributed by atoms with E-state index >= 15 is 0 Å². The van der Waals surface area contributed by atoms with Crippen molar-refractivity contribution in [2.75, 3.05) is 11.9 Å². The first-order valence-electron chi connectivity index (χ1n) is 6.02. The summed E-state index contributed by atoms with van der Waals surface area (Å²) in [7, 11) is 1.79. The molecular weight excluding hydrogens is 271 g/mol. The summed E-state index contributed by atoms with van der Waals surface area (Å²) in [5.74, 6) is 0.279. The summed E-state index contributed by atoms with van der Waals surface area (Å²) in [6.07, 6.45) is -0.905. The zero-order chi connectivity index (χ0) is 14.3. The Bertz CT molecular complexity index is 636. The Morgan fingerprint density at radius 2 is 2.20 bits per heavy atom. The van der Waals surface area contributed by atoms with Crippen molar-refractivity contribution in [3.05, 3.63) is 41.7 Å². The Morgan fingerprint density at radius 1 is 1.40 bits per heavy atom. The van der Waals surface area contributed by atoms with Gasteiger partial charge in [-0.1, -0.05) is 6.07 Å². The van der Waals surface area contributed by atoms with Crippen LogP contribution >= 0.6 is 0 Å². The van der Waals surface area contributed by atoms with Gasteiger partial charge in [0, 0.05) is 18.8 Å². The third-order valence-electron chi connectivity index (χ3n) is 3.17. The van der Waals surface area contributed by atoms with Gasteiger partial charge in [0.15, 0.2) is 0 Å². The third kappa shape index (κ3) is 2.31. The summed E-state index contributed by atoms with van der Waals surface area (Å²) in [5.41, 5.74) is 0.828. The third-order valence-corrected chi connectivity index (χ3v) is 3.17. The number of fused-ring (bicyclic) bond motifs is 1. The molecule has 3 rings (SSSR count). The summed E-state index contributed by atoms with van der Waals surface area (Å²) in [6.45, 7) is 0.297. The van der Waals surface area contributed by atoms with Gasteiger partial charge in [-0.25, -0.2) is 0 Å². The molecule has 0 saturated heterocycles. The molecule has 1 aliphatic rings. The molecule has 0 aliphatic carbocycles. The summed E-state index contributed by atoms with van der Waals surface area (Å²) in [5, 5.41) is 7.21. The molecule has 7 heteroatoms. The van der Waals surface area contributed by atoms with E-state index in [1.165, 1.54) is 6.07 Å². The minimum atomic E-state index is -4.35. The highest BCUT2D eigenvalue weighted by Gasteiger charge is 2.33. The molecule has 2 aromatic rings. The van der Waals surface area contributed by atoms with E-state index in [2.05, 4.69) is 10.4 Å². The van der Waals surface area contributed by atoms with Crippen LogP contribution in [0.5, 0.6) is 5.75 Å². The Morgan fingerprint density at radius 3 is 2.85 bits per heavy atom. The van der Waals surface area contributed by atoms with Crippen LogP contribution in [0.15, 0.2) is 30.6 Å². The van der Waals surface area contributed by atoms with Crippen LogP contribution in [-0.4, -0.2) is 16.4 Å². The van der Waals surface area contributed by atoms with Gasteiger partial charge in [-0.3, -0.25) is 4.68 Å². The standard InChI is InChI=1S/C13H12F3N3O/c1-19-6-9(5-17-19)18-11-7-20-12-4-8(13(14,15)16)2-3-10(11)12/h2-6,11,18H,7H2,1H3/t11-/m1/s1. The van der Waals surface area contributed by atoms with Crippen molar-refractivity contribution < 1.29 is 17.9 Å². The Kier molecular flexibility index (Phi) is 2.84. The molecule has 106 valence electrons. The van der Waals surface area contributed by atoms with Crippen LogP contribution in [0.25, 0.3) is 0 Å². The quantitative estimate of drug-likeness (QED) is 0.921. The van der Waals surface area contributed by atoms with Crippen molar-refractivity contribution in [1.29, 1.82) is 0 Å². The predicted molar refractivity (Wildman–Crippen MR) is 66.5 cm³/mol. The molecule has 0 fully saturated rings. The van der Waals surface area contributed by atoms with E-state index in [9.17, 15) is 13.2 Å². The summed E-state index contributed by atoms with van der Waals surface area (Å²) < 4.78 is 44.8. The number of hydrogen-bond acceptors (Lipinski definition) is 3. The maximum Gasteiger partial charge on any atom is 0.416 e. The number of aromatic nitrogens is 2. The molecule has 1 aromatic heterocycles. The van der Waals surface area contributed by atoms with Crippen LogP contribution in [0, 0.1) is 0 Å². The average molecular weight is 283 g/mol. The van der Waals surface area contributed by atoms with Gasteiger partial charge in [-0.15, -0.1) is 0 Å². The lowest BCUT2D eigenvalue weighted by atomic mass is 10.1. The first-order chi connectivity index (χ1) is 9.43. The van der Waals surface area contributed by atoms with Gasteiger partial charge in [0.05, 0.1) is 23.5 Å². The first kappa shape index (κ1) is 12.8. The Hall–Kier alpha value is -2.18. The summed E-state index contributed by atoms with van der Waals surface area (Å²) >= 11 is 0. The first-order valence-corrected chi connectivity index (χ1v) is 6.02. The van der Waals surface area contributed by atoms with Crippen LogP contribution in [0.1, 0.15) is 17.2 Å². The average Bonchev–Trinajstić information content (AvgIpc) is 2.95. The number of halogens is 3. The van der Waals surface area contributed by atoms with Gasteiger partial charge in [-0.2, -0.15) is 18.3 Å². The fourth-order valence-electron chi connectivity index (χ4n) is 2.20. The lowest BCUT2D eigenvalue weighted by molar-refractivity contribution is -0.137. The highest BCUT2D eigenvalue weighted by molar-refractivity contribution is 5.49. The molecule has 4 nitrogen and oxygen atoms in total. The molecule has 0 radical (unpaired) electrons. The van der Waals surface area contributed by atoms with E-state index < -0.39 is 11.7 Å². The number of anilines is 1. The van der Waals surface area contributed by atoms with Crippen molar-refractivity contribution in [2.45, 2.75) is 12.2 Å². The maximum absolute atomic E-state index is 12.6. The molecule has 1 aromatic carbocycles. The second kappa shape index (κ2) is 4.43. The van der Waals surface area contributed by atoms with Crippen LogP contribution in [0.3, 0.4) is 0 Å². The molecular formula is C13H12F3N3O.